The molecular weight excluding hydrogens is 702 g/mol. The van der Waals surface area contributed by atoms with E-state index in [9.17, 15) is 0 Å². The van der Waals surface area contributed by atoms with Crippen molar-refractivity contribution in [1.29, 1.82) is 0 Å². The second kappa shape index (κ2) is 44.9. The molecule has 0 aliphatic rings. The fourth-order valence-electron chi connectivity index (χ4n) is 5.98. The van der Waals surface area contributed by atoms with Crippen molar-refractivity contribution < 1.29 is 19.5 Å². The van der Waals surface area contributed by atoms with Gasteiger partial charge >= 0.3 is 19.5 Å². The van der Waals surface area contributed by atoms with Crippen molar-refractivity contribution in [3.8, 4) is 0 Å². The molecule has 2 nitrogen and oxygen atoms in total. The smallest absolute Gasteiger partial charge is 0.411 e. The van der Waals surface area contributed by atoms with Crippen LogP contribution in [0.5, 0.6) is 0 Å². The number of hydrogen-bond donors (Lipinski definition) is 0. The first kappa shape index (κ1) is 52.2. The van der Waals surface area contributed by atoms with Gasteiger partial charge in [0.15, 0.2) is 0 Å². The van der Waals surface area contributed by atoms with Crippen molar-refractivity contribution in [3.05, 3.63) is 0 Å². The SMILES string of the molecule is CCCCCCCCCCCCCCCCCCN(C)C(=S)[S-].CCCCCCCCCCCCCCCCCCN(C)C(=S)[S-].[Zn+2]. The van der Waals surface area contributed by atoms with Crippen LogP contribution in [-0.4, -0.2) is 45.6 Å². The van der Waals surface area contributed by atoms with Crippen LogP contribution in [0.25, 0.3) is 0 Å². The molecule has 0 spiro atoms. The number of thiocarbonyl (C=S) groups is 2. The Labute approximate surface area is 331 Å². The van der Waals surface area contributed by atoms with Gasteiger partial charge in [0.1, 0.15) is 0 Å². The minimum absolute atomic E-state index is 0. The topological polar surface area (TPSA) is 6.48 Å². The Balaban J connectivity index is -0.000000807. The Morgan fingerprint density at radius 2 is 0.489 bits per heavy atom. The van der Waals surface area contributed by atoms with Crippen molar-refractivity contribution in [2.24, 2.45) is 0 Å². The second-order valence-electron chi connectivity index (χ2n) is 14.0. The van der Waals surface area contributed by atoms with Crippen LogP contribution in [-0.2, 0) is 44.7 Å². The Kier molecular flexibility index (Phi) is 49.8. The van der Waals surface area contributed by atoms with Crippen molar-refractivity contribution in [3.63, 3.8) is 0 Å². The molecule has 7 heteroatoms. The third-order valence-electron chi connectivity index (χ3n) is 9.32. The molecule has 0 atom stereocenters. The summed E-state index contributed by atoms with van der Waals surface area (Å²) in [5, 5.41) is 0. The van der Waals surface area contributed by atoms with Crippen molar-refractivity contribution in [2.45, 2.75) is 219 Å². The van der Waals surface area contributed by atoms with Crippen LogP contribution in [0.2, 0.25) is 0 Å². The third kappa shape index (κ3) is 46.8. The van der Waals surface area contributed by atoms with Crippen molar-refractivity contribution in [2.75, 3.05) is 27.2 Å². The molecule has 0 aromatic heterocycles. The molecule has 0 aliphatic carbocycles. The average Bonchev–Trinajstić information content (AvgIpc) is 3.04. The summed E-state index contributed by atoms with van der Waals surface area (Å²) in [6.45, 7) is 6.63. The molecule has 276 valence electrons. The standard InChI is InChI=1S/2C20H41NS2.Zn/c2*1-3-4-5-6-7-8-9-10-11-12-13-14-15-16-17-18-19-21(2)20(22)23;/h2*3-19H2,1-2H3,(H,22,23);/q;;+2/p-2. The van der Waals surface area contributed by atoms with Crippen molar-refractivity contribution >= 4 is 58.3 Å². The molecule has 0 amide bonds. The van der Waals surface area contributed by atoms with E-state index in [0.29, 0.717) is 8.64 Å². The number of unbranched alkanes of at least 4 members (excludes halogenated alkanes) is 30. The van der Waals surface area contributed by atoms with Crippen LogP contribution in [0.1, 0.15) is 219 Å². The largest absolute Gasteiger partial charge is 2.00 e. The van der Waals surface area contributed by atoms with E-state index < -0.39 is 0 Å². The predicted octanol–water partition coefficient (Wildman–Crippen LogP) is 14.0. The van der Waals surface area contributed by atoms with E-state index in [-0.39, 0.29) is 19.5 Å². The minimum Gasteiger partial charge on any atom is -0.411 e. The van der Waals surface area contributed by atoms with Gasteiger partial charge in [-0.3, -0.25) is 0 Å². The molecule has 0 fully saturated rings. The Hall–Kier alpha value is 0.843. The zero-order chi connectivity index (χ0) is 34.4. The van der Waals surface area contributed by atoms with Gasteiger partial charge in [-0.05, 0) is 12.8 Å². The summed E-state index contributed by atoms with van der Waals surface area (Å²) in [6.07, 6.45) is 45.3. The van der Waals surface area contributed by atoms with Gasteiger partial charge in [0.05, 0.1) is 0 Å². The van der Waals surface area contributed by atoms with Gasteiger partial charge in [-0.2, -0.15) is 0 Å². The summed E-state index contributed by atoms with van der Waals surface area (Å²) in [7, 11) is 4.00. The van der Waals surface area contributed by atoms with Gasteiger partial charge in [-0.25, -0.2) is 0 Å². The number of rotatable bonds is 34. The maximum atomic E-state index is 4.97. The quantitative estimate of drug-likeness (QED) is 0.0276. The molecule has 0 N–H and O–H groups in total. The molecule has 0 aliphatic heterocycles. The summed E-state index contributed by atoms with van der Waals surface area (Å²) in [4.78, 5) is 4.02. The zero-order valence-electron chi connectivity index (χ0n) is 32.3. The maximum absolute atomic E-state index is 4.97. The fraction of sp³-hybridized carbons (Fsp3) is 0.950. The minimum atomic E-state index is 0. The van der Waals surface area contributed by atoms with Gasteiger partial charge in [-0.1, -0.05) is 215 Å². The summed E-state index contributed by atoms with van der Waals surface area (Å²) >= 11 is 19.9. The summed E-state index contributed by atoms with van der Waals surface area (Å²) < 4.78 is 1.21. The molecule has 0 unspecified atom stereocenters. The molecule has 0 saturated heterocycles. The Bertz CT molecular complexity index is 571. The fourth-order valence-corrected chi connectivity index (χ4v) is 6.34. The summed E-state index contributed by atoms with van der Waals surface area (Å²) in [6, 6.07) is 0. The second-order valence-corrected chi connectivity index (χ2v) is 16.0. The van der Waals surface area contributed by atoms with Crippen LogP contribution >= 0.6 is 24.4 Å². The van der Waals surface area contributed by atoms with Gasteiger partial charge < -0.3 is 59.5 Å². The van der Waals surface area contributed by atoms with E-state index in [1.165, 1.54) is 205 Å². The molecule has 0 rings (SSSR count). The van der Waals surface area contributed by atoms with Crippen LogP contribution < -0.4 is 0 Å². The van der Waals surface area contributed by atoms with E-state index in [1.54, 1.807) is 0 Å². The van der Waals surface area contributed by atoms with Crippen LogP contribution in [0.4, 0.5) is 0 Å². The van der Waals surface area contributed by atoms with Crippen LogP contribution in [0.15, 0.2) is 0 Å². The molecule has 0 radical (unpaired) electrons. The van der Waals surface area contributed by atoms with Gasteiger partial charge in [-0.15, -0.1) is 0 Å². The van der Waals surface area contributed by atoms with E-state index >= 15 is 0 Å². The molecule has 47 heavy (non-hydrogen) atoms. The first-order valence-corrected chi connectivity index (χ1v) is 21.8. The molecular formula is C40H80N2S4Zn. The Morgan fingerprint density at radius 3 is 0.638 bits per heavy atom. The van der Waals surface area contributed by atoms with E-state index in [0.717, 1.165) is 13.1 Å². The van der Waals surface area contributed by atoms with Crippen LogP contribution in [0, 0.1) is 0 Å². The number of nitrogens with zero attached hydrogens (tertiary/aromatic N) is 2. The normalized spacial score (nSPS) is 10.6. The van der Waals surface area contributed by atoms with E-state index in [1.807, 2.05) is 23.9 Å². The monoisotopic (exact) mass is 780 g/mol. The molecule has 0 heterocycles. The number of hydrogen-bond acceptors (Lipinski definition) is 4. The third-order valence-corrected chi connectivity index (χ3v) is 10.6. The summed E-state index contributed by atoms with van der Waals surface area (Å²) in [5.74, 6) is 0. The first-order valence-electron chi connectivity index (χ1n) is 20.2. The summed E-state index contributed by atoms with van der Waals surface area (Å²) in [5.41, 5.74) is 0. The average molecular weight is 783 g/mol. The van der Waals surface area contributed by atoms with Crippen LogP contribution in [0.3, 0.4) is 0 Å². The maximum Gasteiger partial charge on any atom is 2.00 e. The molecule has 0 bridgehead atoms. The van der Waals surface area contributed by atoms with Gasteiger partial charge in [0, 0.05) is 27.2 Å². The van der Waals surface area contributed by atoms with Gasteiger partial charge in [0.2, 0.25) is 0 Å². The molecule has 0 aromatic carbocycles. The van der Waals surface area contributed by atoms with Gasteiger partial charge in [0.25, 0.3) is 0 Å². The van der Waals surface area contributed by atoms with Crippen molar-refractivity contribution in [1.82, 2.24) is 9.80 Å². The first-order chi connectivity index (χ1) is 22.4. The molecule has 0 saturated carbocycles. The molecule has 0 aromatic rings. The zero-order valence-corrected chi connectivity index (χ0v) is 38.5. The van der Waals surface area contributed by atoms with E-state index in [2.05, 4.69) is 13.8 Å². The Morgan fingerprint density at radius 1 is 0.340 bits per heavy atom. The predicted molar refractivity (Wildman–Crippen MR) is 224 cm³/mol. The van der Waals surface area contributed by atoms with E-state index in [4.69, 9.17) is 49.7 Å².